The highest BCUT2D eigenvalue weighted by atomic mass is 19.3. The van der Waals surface area contributed by atoms with Crippen molar-refractivity contribution in [3.8, 4) is 17.2 Å². The molecule has 3 aromatic rings. The summed E-state index contributed by atoms with van der Waals surface area (Å²) in [6, 6.07) is 10.9. The third-order valence-corrected chi connectivity index (χ3v) is 4.83. The van der Waals surface area contributed by atoms with Gasteiger partial charge in [-0.25, -0.2) is 9.18 Å². The molecule has 29 heavy (non-hydrogen) atoms. The first-order chi connectivity index (χ1) is 13.5. The summed E-state index contributed by atoms with van der Waals surface area (Å²) in [6.07, 6.45) is 0. The predicted molar refractivity (Wildman–Crippen MR) is 107 cm³/mol. The van der Waals surface area contributed by atoms with Crippen molar-refractivity contribution < 1.29 is 13.2 Å². The third-order valence-electron chi connectivity index (χ3n) is 4.83. The maximum atomic E-state index is 14.0. The van der Waals surface area contributed by atoms with E-state index in [0.29, 0.717) is 17.6 Å². The van der Waals surface area contributed by atoms with E-state index in [1.807, 2.05) is 20.8 Å². The van der Waals surface area contributed by atoms with Gasteiger partial charge in [0.2, 0.25) is 0 Å². The summed E-state index contributed by atoms with van der Waals surface area (Å²) in [5.74, 6) is -3.74. The Balaban J connectivity index is 2.24. The predicted octanol–water partition coefficient (Wildman–Crippen LogP) is 4.99. The Hall–Kier alpha value is -3.01. The van der Waals surface area contributed by atoms with E-state index in [4.69, 9.17) is 0 Å². The van der Waals surface area contributed by atoms with Gasteiger partial charge in [0.05, 0.1) is 16.6 Å². The minimum atomic E-state index is -3.74. The number of fused-ring (bicyclic) bond motifs is 1. The first-order valence-corrected chi connectivity index (χ1v) is 9.17. The lowest BCUT2D eigenvalue weighted by atomic mass is 9.93. The Labute approximate surface area is 166 Å². The largest absolute Gasteiger partial charge is 0.328 e. The summed E-state index contributed by atoms with van der Waals surface area (Å²) in [7, 11) is 1.65. The lowest BCUT2D eigenvalue weighted by Gasteiger charge is -2.19. The van der Waals surface area contributed by atoms with E-state index in [9.17, 15) is 23.2 Å². The number of aryl methyl sites for hydroxylation is 1. The fourth-order valence-corrected chi connectivity index (χ4v) is 3.49. The molecule has 0 unspecified atom stereocenters. The summed E-state index contributed by atoms with van der Waals surface area (Å²) >= 11 is 0. The van der Waals surface area contributed by atoms with Crippen LogP contribution in [0.2, 0.25) is 0 Å². The van der Waals surface area contributed by atoms with Gasteiger partial charge in [-0.3, -0.25) is 9.13 Å². The maximum Gasteiger partial charge on any atom is 0.328 e. The molecule has 0 N–H and O–H groups in total. The van der Waals surface area contributed by atoms with Crippen molar-refractivity contribution in [3.63, 3.8) is 0 Å². The fraction of sp³-hybridized carbons (Fsp3) is 0.364. The fourth-order valence-electron chi connectivity index (χ4n) is 3.49. The molecular formula is C22H22F3N3O. The van der Waals surface area contributed by atoms with Crippen LogP contribution in [0.3, 0.4) is 0 Å². The normalized spacial score (nSPS) is 12.3. The second kappa shape index (κ2) is 7.11. The highest BCUT2D eigenvalue weighted by molar-refractivity contribution is 5.84. The Morgan fingerprint density at radius 2 is 1.79 bits per heavy atom. The molecule has 0 atom stereocenters. The first-order valence-electron chi connectivity index (χ1n) is 9.17. The molecule has 0 bridgehead atoms. The summed E-state index contributed by atoms with van der Waals surface area (Å²) in [5.41, 5.74) is 0.934. The zero-order chi connectivity index (χ0) is 21.6. The number of nitriles is 1. The highest BCUT2D eigenvalue weighted by Crippen LogP contribution is 2.36. The van der Waals surface area contributed by atoms with Crippen LogP contribution in [-0.2, 0) is 19.5 Å². The van der Waals surface area contributed by atoms with E-state index in [0.717, 1.165) is 11.6 Å². The molecule has 0 radical (unpaired) electrons. The number of hydrogen-bond donors (Lipinski definition) is 0. The highest BCUT2D eigenvalue weighted by Gasteiger charge is 2.35. The van der Waals surface area contributed by atoms with E-state index in [1.54, 1.807) is 41.9 Å². The van der Waals surface area contributed by atoms with Crippen LogP contribution < -0.4 is 5.69 Å². The van der Waals surface area contributed by atoms with Gasteiger partial charge >= 0.3 is 11.6 Å². The molecule has 4 nitrogen and oxygen atoms in total. The Morgan fingerprint density at radius 3 is 2.38 bits per heavy atom. The zero-order valence-electron chi connectivity index (χ0n) is 16.8. The number of hydrogen-bond acceptors (Lipinski definition) is 2. The summed E-state index contributed by atoms with van der Waals surface area (Å²) < 4.78 is 44.0. The average Bonchev–Trinajstić information content (AvgIpc) is 2.90. The summed E-state index contributed by atoms with van der Waals surface area (Å²) in [6.45, 7) is 4.73. The molecule has 0 amide bonds. The molecular weight excluding hydrogens is 379 g/mol. The lowest BCUT2D eigenvalue weighted by molar-refractivity contribution is -0.0282. The molecule has 152 valence electrons. The molecule has 1 aromatic heterocycles. The minimum Gasteiger partial charge on any atom is -0.295 e. The van der Waals surface area contributed by atoms with Crippen LogP contribution in [0.4, 0.5) is 13.2 Å². The van der Waals surface area contributed by atoms with Gasteiger partial charge in [0, 0.05) is 24.7 Å². The monoisotopic (exact) mass is 401 g/mol. The smallest absolute Gasteiger partial charge is 0.295 e. The van der Waals surface area contributed by atoms with Gasteiger partial charge in [0.25, 0.3) is 0 Å². The molecule has 7 heteroatoms. The van der Waals surface area contributed by atoms with E-state index in [-0.39, 0.29) is 22.2 Å². The summed E-state index contributed by atoms with van der Waals surface area (Å²) in [5, 5.41) is 9.50. The molecule has 0 spiro atoms. The summed E-state index contributed by atoms with van der Waals surface area (Å²) in [4.78, 5) is 12.7. The molecule has 1 heterocycles. The first kappa shape index (κ1) is 20.7. The van der Waals surface area contributed by atoms with Crippen molar-refractivity contribution in [2.75, 3.05) is 6.67 Å². The third kappa shape index (κ3) is 3.67. The second-order valence-corrected chi connectivity index (χ2v) is 8.37. The van der Waals surface area contributed by atoms with E-state index < -0.39 is 18.2 Å². The van der Waals surface area contributed by atoms with Crippen LogP contribution >= 0.6 is 0 Å². The van der Waals surface area contributed by atoms with Crippen molar-refractivity contribution in [3.05, 3.63) is 58.0 Å². The lowest BCUT2D eigenvalue weighted by Crippen LogP contribution is -2.27. The standard InChI is InChI=1S/C22H22F3N3O/c1-21(2,3)13-28-18-9-8-14(10-19(18)27(4)20(28)29)15-6-5-7-17(16(15)11-26)22(24,25)12-23/h5-10H,12-13H2,1-4H3. The molecule has 0 fully saturated rings. The maximum absolute atomic E-state index is 14.0. The Kier molecular flexibility index (Phi) is 5.08. The van der Waals surface area contributed by atoms with Crippen LogP contribution in [0.25, 0.3) is 22.2 Å². The molecule has 0 saturated carbocycles. The van der Waals surface area contributed by atoms with Gasteiger partial charge in [0.15, 0.2) is 6.67 Å². The van der Waals surface area contributed by atoms with Crippen molar-refractivity contribution >= 4 is 11.0 Å². The van der Waals surface area contributed by atoms with E-state index in [2.05, 4.69) is 0 Å². The van der Waals surface area contributed by atoms with Crippen LogP contribution in [0.15, 0.2) is 41.2 Å². The minimum absolute atomic E-state index is 0.114. The van der Waals surface area contributed by atoms with Gasteiger partial charge < -0.3 is 0 Å². The number of alkyl halides is 3. The van der Waals surface area contributed by atoms with Gasteiger partial charge in [-0.2, -0.15) is 14.0 Å². The number of nitrogens with zero attached hydrogens (tertiary/aromatic N) is 3. The van der Waals surface area contributed by atoms with Crippen LogP contribution in [0.5, 0.6) is 0 Å². The SMILES string of the molecule is Cn1c(=O)n(CC(C)(C)C)c2ccc(-c3cccc(C(F)(F)CF)c3C#N)cc21. The number of benzene rings is 2. The molecule has 2 aromatic carbocycles. The molecule has 0 aliphatic rings. The second-order valence-electron chi connectivity index (χ2n) is 8.37. The molecule has 0 aliphatic carbocycles. The van der Waals surface area contributed by atoms with Crippen LogP contribution in [0.1, 0.15) is 31.9 Å². The molecule has 3 rings (SSSR count). The van der Waals surface area contributed by atoms with Gasteiger partial charge in [-0.05, 0) is 23.1 Å². The average molecular weight is 401 g/mol. The van der Waals surface area contributed by atoms with Crippen molar-refractivity contribution in [2.24, 2.45) is 12.5 Å². The van der Waals surface area contributed by atoms with Gasteiger partial charge in [0.1, 0.15) is 6.07 Å². The van der Waals surface area contributed by atoms with E-state index >= 15 is 0 Å². The molecule has 0 aliphatic heterocycles. The Bertz CT molecular complexity index is 1180. The number of rotatable bonds is 4. The van der Waals surface area contributed by atoms with Crippen molar-refractivity contribution in [1.82, 2.24) is 9.13 Å². The van der Waals surface area contributed by atoms with E-state index in [1.165, 1.54) is 10.6 Å². The topological polar surface area (TPSA) is 50.7 Å². The van der Waals surface area contributed by atoms with Crippen LogP contribution in [-0.4, -0.2) is 15.8 Å². The quantitative estimate of drug-likeness (QED) is 0.619. The zero-order valence-corrected chi connectivity index (χ0v) is 16.8. The van der Waals surface area contributed by atoms with Crippen molar-refractivity contribution in [2.45, 2.75) is 33.2 Å². The number of aromatic nitrogens is 2. The van der Waals surface area contributed by atoms with Gasteiger partial charge in [-0.1, -0.05) is 45.0 Å². The van der Waals surface area contributed by atoms with Crippen molar-refractivity contribution in [1.29, 1.82) is 5.26 Å². The number of halogens is 3. The Morgan fingerprint density at radius 1 is 1.10 bits per heavy atom. The molecule has 0 saturated heterocycles. The number of imidazole rings is 1. The van der Waals surface area contributed by atoms with Gasteiger partial charge in [-0.15, -0.1) is 0 Å². The van der Waals surface area contributed by atoms with Crippen LogP contribution in [0, 0.1) is 16.7 Å².